The van der Waals surface area contributed by atoms with Crippen molar-refractivity contribution in [3.05, 3.63) is 12.4 Å². The van der Waals surface area contributed by atoms with Crippen LogP contribution in [-0.4, -0.2) is 16.6 Å². The summed E-state index contributed by atoms with van der Waals surface area (Å²) in [5, 5.41) is 3.16. The first kappa shape index (κ1) is 10.5. The summed E-state index contributed by atoms with van der Waals surface area (Å²) >= 11 is 0. The Morgan fingerprint density at radius 1 is 1.40 bits per heavy atom. The lowest BCUT2D eigenvalue weighted by atomic mass is 9.78. The van der Waals surface area contributed by atoms with Gasteiger partial charge in [-0.05, 0) is 18.3 Å². The largest absolute Gasteiger partial charge is 0.359 e. The van der Waals surface area contributed by atoms with Gasteiger partial charge in [0.25, 0.3) is 0 Å². The number of nitrogens with one attached hydrogen (secondary N) is 1. The minimum Gasteiger partial charge on any atom is -0.359 e. The number of hydrogen-bond donors (Lipinski definition) is 1. The van der Waals surface area contributed by atoms with E-state index in [0.29, 0.717) is 6.04 Å². The highest BCUT2D eigenvalue weighted by molar-refractivity contribution is 5.25. The van der Waals surface area contributed by atoms with E-state index in [1.165, 1.54) is 19.3 Å². The summed E-state index contributed by atoms with van der Waals surface area (Å²) in [6.07, 6.45) is 8.00. The number of rotatable bonds is 2. The second-order valence-corrected chi connectivity index (χ2v) is 4.74. The molecule has 0 aliphatic heterocycles. The second kappa shape index (κ2) is 4.25. The maximum atomic E-state index is 4.32. The van der Waals surface area contributed by atoms with Crippen LogP contribution >= 0.6 is 0 Å². The Balaban J connectivity index is 2.22. The van der Waals surface area contributed by atoms with Gasteiger partial charge in [-0.25, -0.2) is 4.98 Å². The molecular formula is C12H21N3. The van der Waals surface area contributed by atoms with Crippen LogP contribution in [0.2, 0.25) is 0 Å². The Hall–Kier alpha value is -0.990. The van der Waals surface area contributed by atoms with Crippen LogP contribution in [0.5, 0.6) is 0 Å². The van der Waals surface area contributed by atoms with Gasteiger partial charge < -0.3 is 9.88 Å². The molecule has 0 bridgehead atoms. The number of nitrogens with zero attached hydrogens (tertiary/aromatic N) is 2. The van der Waals surface area contributed by atoms with Crippen molar-refractivity contribution in [2.24, 2.45) is 11.8 Å². The molecule has 0 saturated heterocycles. The van der Waals surface area contributed by atoms with Gasteiger partial charge in [0.2, 0.25) is 5.95 Å². The zero-order valence-electron chi connectivity index (χ0n) is 9.90. The zero-order chi connectivity index (χ0) is 10.8. The highest BCUT2D eigenvalue weighted by Gasteiger charge is 2.29. The van der Waals surface area contributed by atoms with Crippen LogP contribution in [-0.2, 0) is 0 Å². The molecule has 1 heterocycles. The van der Waals surface area contributed by atoms with E-state index in [4.69, 9.17) is 0 Å². The fourth-order valence-corrected chi connectivity index (χ4v) is 2.72. The Morgan fingerprint density at radius 2 is 2.20 bits per heavy atom. The molecule has 3 unspecified atom stereocenters. The molecule has 0 radical (unpaired) electrons. The molecule has 3 heteroatoms. The Kier molecular flexibility index (Phi) is 2.98. The summed E-state index contributed by atoms with van der Waals surface area (Å²) in [4.78, 5) is 4.32. The predicted octanol–water partition coefficient (Wildman–Crippen LogP) is 2.92. The molecule has 1 aliphatic rings. The molecule has 1 aliphatic carbocycles. The van der Waals surface area contributed by atoms with Gasteiger partial charge in [-0.3, -0.25) is 0 Å². The van der Waals surface area contributed by atoms with E-state index < -0.39 is 0 Å². The van der Waals surface area contributed by atoms with Gasteiger partial charge >= 0.3 is 0 Å². The molecule has 3 nitrogen and oxygen atoms in total. The summed E-state index contributed by atoms with van der Waals surface area (Å²) in [5.41, 5.74) is 0. The minimum atomic E-state index is 0.624. The van der Waals surface area contributed by atoms with Crippen LogP contribution in [0.15, 0.2) is 12.4 Å². The normalized spacial score (nSPS) is 31.5. The quantitative estimate of drug-likeness (QED) is 0.808. The summed E-state index contributed by atoms with van der Waals surface area (Å²) in [6, 6.07) is 0.624. The van der Waals surface area contributed by atoms with Gasteiger partial charge in [0, 0.05) is 25.5 Å². The lowest BCUT2D eigenvalue weighted by Gasteiger charge is -2.35. The fourth-order valence-electron chi connectivity index (χ4n) is 2.72. The average Bonchev–Trinajstić information content (AvgIpc) is 2.70. The standard InChI is InChI=1S/C12H21N3/c1-9-5-4-6-11(10(9)2)15-8-7-14-12(15)13-3/h7-11H,4-6H2,1-3H3,(H,13,14). The summed E-state index contributed by atoms with van der Waals surface area (Å²) in [6.45, 7) is 4.74. The Labute approximate surface area is 91.9 Å². The molecular weight excluding hydrogens is 186 g/mol. The van der Waals surface area contributed by atoms with Crippen molar-refractivity contribution in [2.45, 2.75) is 39.2 Å². The molecule has 1 fully saturated rings. The van der Waals surface area contributed by atoms with Gasteiger partial charge in [0.05, 0.1) is 0 Å². The molecule has 84 valence electrons. The van der Waals surface area contributed by atoms with Crippen molar-refractivity contribution >= 4 is 5.95 Å². The van der Waals surface area contributed by atoms with Crippen LogP contribution in [0.3, 0.4) is 0 Å². The Bertz CT molecular complexity index is 318. The topological polar surface area (TPSA) is 29.9 Å². The van der Waals surface area contributed by atoms with Crippen LogP contribution < -0.4 is 5.32 Å². The smallest absolute Gasteiger partial charge is 0.202 e. The van der Waals surface area contributed by atoms with Gasteiger partial charge in [0.15, 0.2) is 0 Å². The third-order valence-electron chi connectivity index (χ3n) is 3.91. The molecule has 3 atom stereocenters. The maximum Gasteiger partial charge on any atom is 0.202 e. The first-order valence-corrected chi connectivity index (χ1v) is 5.94. The zero-order valence-corrected chi connectivity index (χ0v) is 9.90. The third-order valence-corrected chi connectivity index (χ3v) is 3.91. The van der Waals surface area contributed by atoms with Crippen molar-refractivity contribution < 1.29 is 0 Å². The third kappa shape index (κ3) is 1.87. The average molecular weight is 207 g/mol. The molecule has 0 spiro atoms. The van der Waals surface area contributed by atoms with E-state index >= 15 is 0 Å². The summed E-state index contributed by atoms with van der Waals surface area (Å²) in [5.74, 6) is 2.58. The first-order chi connectivity index (χ1) is 7.24. The molecule has 1 aromatic rings. The molecule has 1 N–H and O–H groups in total. The summed E-state index contributed by atoms with van der Waals surface area (Å²) < 4.78 is 2.31. The Morgan fingerprint density at radius 3 is 2.93 bits per heavy atom. The van der Waals surface area contributed by atoms with Gasteiger partial charge in [-0.1, -0.05) is 26.7 Å². The van der Waals surface area contributed by atoms with E-state index in [1.54, 1.807) is 0 Å². The van der Waals surface area contributed by atoms with Gasteiger partial charge in [-0.2, -0.15) is 0 Å². The number of hydrogen-bond acceptors (Lipinski definition) is 2. The van der Waals surface area contributed by atoms with E-state index in [2.05, 4.69) is 34.9 Å². The highest BCUT2D eigenvalue weighted by Crippen LogP contribution is 2.38. The van der Waals surface area contributed by atoms with Crippen molar-refractivity contribution in [1.29, 1.82) is 0 Å². The maximum absolute atomic E-state index is 4.32. The molecule has 0 amide bonds. The summed E-state index contributed by atoms with van der Waals surface area (Å²) in [7, 11) is 1.94. The lowest BCUT2D eigenvalue weighted by molar-refractivity contribution is 0.188. The van der Waals surface area contributed by atoms with Gasteiger partial charge in [-0.15, -0.1) is 0 Å². The molecule has 0 aromatic carbocycles. The predicted molar refractivity (Wildman–Crippen MR) is 63.0 cm³/mol. The van der Waals surface area contributed by atoms with Crippen molar-refractivity contribution in [3.63, 3.8) is 0 Å². The van der Waals surface area contributed by atoms with E-state index in [1.807, 2.05) is 13.2 Å². The van der Waals surface area contributed by atoms with Crippen molar-refractivity contribution in [2.75, 3.05) is 12.4 Å². The molecule has 1 aromatic heterocycles. The van der Waals surface area contributed by atoms with Gasteiger partial charge in [0.1, 0.15) is 0 Å². The number of anilines is 1. The first-order valence-electron chi connectivity index (χ1n) is 5.94. The van der Waals surface area contributed by atoms with E-state index in [0.717, 1.165) is 17.8 Å². The van der Waals surface area contributed by atoms with Crippen LogP contribution in [0, 0.1) is 11.8 Å². The van der Waals surface area contributed by atoms with E-state index in [-0.39, 0.29) is 0 Å². The SMILES string of the molecule is CNc1nccn1C1CCCC(C)C1C. The van der Waals surface area contributed by atoms with Crippen LogP contribution in [0.1, 0.15) is 39.2 Å². The molecule has 15 heavy (non-hydrogen) atoms. The van der Waals surface area contributed by atoms with Crippen molar-refractivity contribution in [3.8, 4) is 0 Å². The fraction of sp³-hybridized carbons (Fsp3) is 0.750. The van der Waals surface area contributed by atoms with E-state index in [9.17, 15) is 0 Å². The molecule has 1 saturated carbocycles. The molecule has 2 rings (SSSR count). The number of imidazole rings is 1. The number of aromatic nitrogens is 2. The lowest BCUT2D eigenvalue weighted by Crippen LogP contribution is -2.27. The van der Waals surface area contributed by atoms with Crippen LogP contribution in [0.25, 0.3) is 0 Å². The second-order valence-electron chi connectivity index (χ2n) is 4.74. The van der Waals surface area contributed by atoms with Crippen molar-refractivity contribution in [1.82, 2.24) is 9.55 Å². The highest BCUT2D eigenvalue weighted by atomic mass is 15.2. The van der Waals surface area contributed by atoms with Crippen LogP contribution in [0.4, 0.5) is 5.95 Å². The monoisotopic (exact) mass is 207 g/mol. The minimum absolute atomic E-state index is 0.624.